The van der Waals surface area contributed by atoms with Gasteiger partial charge in [-0.15, -0.1) is 0 Å². The minimum absolute atomic E-state index is 0.0193. The molecule has 0 saturated carbocycles. The van der Waals surface area contributed by atoms with E-state index in [0.29, 0.717) is 19.4 Å². The zero-order valence-electron chi connectivity index (χ0n) is 20.5. The number of hydrogen-bond donors (Lipinski definition) is 2. The van der Waals surface area contributed by atoms with Crippen LogP contribution in [0.5, 0.6) is 0 Å². The van der Waals surface area contributed by atoms with Gasteiger partial charge >= 0.3 is 11.9 Å². The van der Waals surface area contributed by atoms with Crippen LogP contribution < -0.4 is 5.32 Å². The number of rotatable bonds is 9. The maximum Gasteiger partial charge on any atom is 0.326 e. The van der Waals surface area contributed by atoms with Crippen molar-refractivity contribution in [2.75, 3.05) is 13.2 Å². The molecule has 148 valence electrons. The molecule has 0 bridgehead atoms. The molecule has 0 unspecified atom stereocenters. The van der Waals surface area contributed by atoms with Gasteiger partial charge in [0.25, 0.3) is 0 Å². The third-order valence-corrected chi connectivity index (χ3v) is 4.45. The van der Waals surface area contributed by atoms with Gasteiger partial charge in [-0.2, -0.15) is 0 Å². The molecule has 1 heterocycles. The Morgan fingerprint density at radius 3 is 2.70 bits per heavy atom. The highest BCUT2D eigenvalue weighted by Crippen LogP contribution is 2.19. The Morgan fingerprint density at radius 1 is 1.37 bits per heavy atom. The molecule has 0 aliphatic carbocycles. The van der Waals surface area contributed by atoms with Gasteiger partial charge < -0.3 is 14.7 Å². The van der Waals surface area contributed by atoms with E-state index in [-0.39, 0.29) is 37.1 Å². The van der Waals surface area contributed by atoms with Crippen LogP contribution in [0.2, 0.25) is 0 Å². The molecule has 1 aliphatic rings. The summed E-state index contributed by atoms with van der Waals surface area (Å²) < 4.78 is 44.4. The van der Waals surface area contributed by atoms with Gasteiger partial charge in [0.2, 0.25) is 5.91 Å². The number of carboxylic acid groups (broad SMARTS) is 1. The number of carbonyl (C=O) groups excluding carboxylic acids is 2. The molecule has 1 aromatic carbocycles. The van der Waals surface area contributed by atoms with E-state index >= 15 is 0 Å². The summed E-state index contributed by atoms with van der Waals surface area (Å²) in [5, 5.41) is 12.2. The number of amides is 1. The standard InChI is InChI=1S/C20H28N2O5/c1-3-27-20(26)16(12-11-15-8-5-4-6-9-15)21-14(2)18(23)22-13-7-10-17(22)19(24)25/h4-6,8-9,14,16-17,21H,3,7,10-13H2,1-2H3,(H,24,25)/t14-,16-,17-/m0/s1/i4D,5D,6D,8D,9D. The van der Waals surface area contributed by atoms with Gasteiger partial charge in [0, 0.05) is 6.54 Å². The molecule has 7 heteroatoms. The van der Waals surface area contributed by atoms with Crippen LogP contribution in [-0.2, 0) is 25.5 Å². The van der Waals surface area contributed by atoms with Gasteiger partial charge in [-0.25, -0.2) is 4.79 Å². The molecule has 0 aromatic heterocycles. The lowest BCUT2D eigenvalue weighted by atomic mass is 10.0. The van der Waals surface area contributed by atoms with Crippen LogP contribution in [-0.4, -0.2) is 59.1 Å². The lowest BCUT2D eigenvalue weighted by Gasteiger charge is -2.27. The fraction of sp³-hybridized carbons (Fsp3) is 0.550. The molecule has 1 aliphatic heterocycles. The smallest absolute Gasteiger partial charge is 0.326 e. The number of nitrogens with zero attached hydrogens (tertiary/aromatic N) is 1. The van der Waals surface area contributed by atoms with Crippen molar-refractivity contribution in [1.82, 2.24) is 10.2 Å². The van der Waals surface area contributed by atoms with Gasteiger partial charge in [0.15, 0.2) is 0 Å². The van der Waals surface area contributed by atoms with Crippen molar-refractivity contribution in [3.8, 4) is 0 Å². The van der Waals surface area contributed by atoms with Gasteiger partial charge in [-0.05, 0) is 45.1 Å². The third-order valence-electron chi connectivity index (χ3n) is 4.45. The lowest BCUT2D eigenvalue weighted by Crippen LogP contribution is -2.53. The van der Waals surface area contributed by atoms with Crippen LogP contribution in [0.1, 0.15) is 45.5 Å². The van der Waals surface area contributed by atoms with Gasteiger partial charge in [0.1, 0.15) is 12.1 Å². The Labute approximate surface area is 166 Å². The van der Waals surface area contributed by atoms with Crippen molar-refractivity contribution in [2.24, 2.45) is 0 Å². The van der Waals surface area contributed by atoms with Crippen molar-refractivity contribution in [2.45, 2.75) is 57.7 Å². The molecule has 2 rings (SSSR count). The van der Waals surface area contributed by atoms with E-state index in [4.69, 9.17) is 11.6 Å². The predicted molar refractivity (Wildman–Crippen MR) is 100 cm³/mol. The van der Waals surface area contributed by atoms with Gasteiger partial charge in [-0.3, -0.25) is 14.9 Å². The fourth-order valence-electron chi connectivity index (χ4n) is 3.11. The Kier molecular flexibility index (Phi) is 5.45. The second-order valence-corrected chi connectivity index (χ2v) is 6.36. The van der Waals surface area contributed by atoms with E-state index in [9.17, 15) is 19.5 Å². The highest BCUT2D eigenvalue weighted by Gasteiger charge is 2.36. The lowest BCUT2D eigenvalue weighted by molar-refractivity contribution is -0.150. The molecule has 0 radical (unpaired) electrons. The van der Waals surface area contributed by atoms with E-state index in [2.05, 4.69) is 5.32 Å². The number of esters is 1. The summed E-state index contributed by atoms with van der Waals surface area (Å²) in [6.07, 6.45) is 0.943. The summed E-state index contributed by atoms with van der Waals surface area (Å²) in [4.78, 5) is 37.9. The van der Waals surface area contributed by atoms with Gasteiger partial charge in [-0.1, -0.05) is 30.2 Å². The Balaban J connectivity index is 2.18. The minimum atomic E-state index is -1.08. The number of nitrogens with one attached hydrogen (secondary N) is 1. The first-order valence-electron chi connectivity index (χ1n) is 11.5. The molecule has 1 fully saturated rings. The number of carbonyl (C=O) groups is 3. The number of aliphatic carboxylic acids is 1. The number of benzene rings is 1. The number of hydrogen-bond acceptors (Lipinski definition) is 5. The van der Waals surface area contributed by atoms with Crippen molar-refractivity contribution >= 4 is 17.8 Å². The summed E-state index contributed by atoms with van der Waals surface area (Å²) in [5.74, 6) is -2.17. The molecular formula is C20H28N2O5. The second-order valence-electron chi connectivity index (χ2n) is 6.36. The zero-order valence-corrected chi connectivity index (χ0v) is 15.5. The van der Waals surface area contributed by atoms with E-state index < -0.39 is 54.1 Å². The Hall–Kier alpha value is -2.41. The Bertz CT molecular complexity index is 869. The summed E-state index contributed by atoms with van der Waals surface area (Å²) in [7, 11) is 0. The van der Waals surface area contributed by atoms with Crippen LogP contribution in [0.25, 0.3) is 0 Å². The van der Waals surface area contributed by atoms with Crippen LogP contribution >= 0.6 is 0 Å². The average molecular weight is 381 g/mol. The SMILES string of the molecule is [2H]c1c([2H])c([2H])c(CC[C@H](N[C@@H](C)C(=O)N2CCC[C@H]2C(=O)O)C(=O)OCC)c([2H])c1[2H]. The van der Waals surface area contributed by atoms with E-state index in [1.54, 1.807) is 6.92 Å². The largest absolute Gasteiger partial charge is 0.480 e. The molecule has 0 spiro atoms. The molecule has 1 amide bonds. The average Bonchev–Trinajstić information content (AvgIpc) is 3.25. The maximum absolute atomic E-state index is 12.8. The summed E-state index contributed by atoms with van der Waals surface area (Å²) in [6.45, 7) is 3.56. The molecule has 7 nitrogen and oxygen atoms in total. The van der Waals surface area contributed by atoms with Crippen LogP contribution in [0, 0.1) is 0 Å². The minimum Gasteiger partial charge on any atom is -0.480 e. The van der Waals surface area contributed by atoms with Crippen LogP contribution in [0.15, 0.2) is 30.2 Å². The fourth-order valence-corrected chi connectivity index (χ4v) is 3.11. The highest BCUT2D eigenvalue weighted by atomic mass is 16.5. The summed E-state index contributed by atoms with van der Waals surface area (Å²) >= 11 is 0. The number of likely N-dealkylation sites (tertiary alicyclic amines) is 1. The van der Waals surface area contributed by atoms with Gasteiger partial charge in [0.05, 0.1) is 19.5 Å². The predicted octanol–water partition coefficient (Wildman–Crippen LogP) is 1.60. The second kappa shape index (κ2) is 10.1. The first-order valence-corrected chi connectivity index (χ1v) is 9.02. The molecule has 1 aromatic rings. The van der Waals surface area contributed by atoms with Crippen molar-refractivity contribution < 1.29 is 31.1 Å². The first-order chi connectivity index (χ1) is 15.0. The Morgan fingerprint density at radius 2 is 2.07 bits per heavy atom. The number of carboxylic acids is 1. The first kappa shape index (κ1) is 14.6. The normalized spacial score (nSPS) is 21.3. The van der Waals surface area contributed by atoms with Crippen LogP contribution in [0.3, 0.4) is 0 Å². The summed E-state index contributed by atoms with van der Waals surface area (Å²) in [6, 6.07) is -4.88. The highest BCUT2D eigenvalue weighted by molar-refractivity contribution is 5.88. The monoisotopic (exact) mass is 381 g/mol. The van der Waals surface area contributed by atoms with E-state index in [0.717, 1.165) is 0 Å². The quantitative estimate of drug-likeness (QED) is 0.631. The van der Waals surface area contributed by atoms with Crippen molar-refractivity contribution in [3.05, 3.63) is 35.8 Å². The van der Waals surface area contributed by atoms with Crippen molar-refractivity contribution in [1.29, 1.82) is 0 Å². The molecule has 1 saturated heterocycles. The third kappa shape index (κ3) is 5.79. The van der Waals surface area contributed by atoms with E-state index in [1.165, 1.54) is 11.8 Å². The number of ether oxygens (including phenoxy) is 1. The molecule has 3 atom stereocenters. The maximum atomic E-state index is 12.8. The zero-order chi connectivity index (χ0) is 24.2. The summed E-state index contributed by atoms with van der Waals surface area (Å²) in [5.41, 5.74) is 0.0663. The molecular weight excluding hydrogens is 348 g/mol. The molecule has 27 heavy (non-hydrogen) atoms. The molecule has 2 N–H and O–H groups in total. The topological polar surface area (TPSA) is 95.9 Å². The van der Waals surface area contributed by atoms with Crippen molar-refractivity contribution in [3.63, 3.8) is 0 Å². The van der Waals surface area contributed by atoms with E-state index in [1.807, 2.05) is 0 Å². The van der Waals surface area contributed by atoms with Crippen LogP contribution in [0.4, 0.5) is 0 Å².